The van der Waals surface area contributed by atoms with Gasteiger partial charge in [0.15, 0.2) is 11.5 Å². The van der Waals surface area contributed by atoms with Crippen molar-refractivity contribution >= 4 is 66.2 Å². The zero-order chi connectivity index (χ0) is 67.7. The number of carbonyl (C=O) groups is 3. The van der Waals surface area contributed by atoms with Crippen LogP contribution in [0.1, 0.15) is 146 Å². The fraction of sp³-hybridized carbons (Fsp3) is 0.479. The highest BCUT2D eigenvalue weighted by atomic mass is 32.2. The monoisotopic (exact) mass is 1330 g/mol. The number of ether oxygens (including phenoxy) is 5. The fourth-order valence-corrected chi connectivity index (χ4v) is 13.6. The number of rotatable bonds is 38. The van der Waals surface area contributed by atoms with E-state index in [2.05, 4.69) is 110 Å². The van der Waals surface area contributed by atoms with E-state index in [0.29, 0.717) is 172 Å². The number of benzene rings is 4. The molecule has 0 bridgehead atoms. The molecule has 0 unspecified atom stereocenters. The number of para-hydroxylation sites is 2. The average Bonchev–Trinajstić information content (AvgIpc) is 1.61. The summed E-state index contributed by atoms with van der Waals surface area (Å²) in [4.78, 5) is 40.9. The van der Waals surface area contributed by atoms with Crippen molar-refractivity contribution in [1.82, 2.24) is 15.1 Å². The summed E-state index contributed by atoms with van der Waals surface area (Å²) in [6, 6.07) is 29.2. The van der Waals surface area contributed by atoms with Crippen LogP contribution in [0, 0.1) is 12.3 Å². The van der Waals surface area contributed by atoms with Crippen molar-refractivity contribution in [3.05, 3.63) is 166 Å². The first-order valence-corrected chi connectivity index (χ1v) is 35.7. The lowest BCUT2D eigenvalue weighted by molar-refractivity contribution is -0.438. The van der Waals surface area contributed by atoms with Gasteiger partial charge in [-0.05, 0) is 130 Å². The lowest BCUT2D eigenvalue weighted by Gasteiger charge is -2.29. The first-order chi connectivity index (χ1) is 44.8. The third-order valence-corrected chi connectivity index (χ3v) is 18.9. The standard InChI is InChI=1S/C71H93N7O14S2/c1-51-66-62(49-69(2,3)50-63(66)79)78(75-51)55-28-29-56(67(72)80)59(48-55)73-32-16-36-88-38-40-90-42-44-92-45-43-91-41-39-89-37-17-33-74-68(81)54-24-22-52(23-25-54)53(26-30-64-70(4,5)57-18-8-10-20-60(57)76(64)34-12-14-46-93(82,83)84)27-31-65-71(6,7)58-19-9-11-21-61(58)77(65)35-13-15-47-94(85,86)87/h8-11,18-31,48H,12-17,32-47,49-50H2,1-7H3,(H5-,72,73,74,80,81,82,83,84,85,86,87)/p+1. The maximum absolute atomic E-state index is 13.5. The zero-order valence-corrected chi connectivity index (χ0v) is 57.0. The van der Waals surface area contributed by atoms with Gasteiger partial charge in [-0.15, -0.1) is 0 Å². The molecule has 0 radical (unpaired) electrons. The van der Waals surface area contributed by atoms with E-state index >= 15 is 0 Å². The van der Waals surface area contributed by atoms with Gasteiger partial charge in [-0.1, -0.05) is 82.3 Å². The van der Waals surface area contributed by atoms with Crippen LogP contribution in [0.5, 0.6) is 0 Å². The van der Waals surface area contributed by atoms with E-state index in [1.807, 2.05) is 54.1 Å². The van der Waals surface area contributed by atoms with E-state index in [9.17, 15) is 40.3 Å². The predicted octanol–water partition coefficient (Wildman–Crippen LogP) is 10.2. The van der Waals surface area contributed by atoms with Crippen LogP contribution in [0.25, 0.3) is 11.3 Å². The third kappa shape index (κ3) is 19.7. The number of Topliss-reactive ketones (excluding diaryl/α,β-unsaturated/α-hetero) is 1. The number of hydrogen-bond acceptors (Lipinski definition) is 15. The van der Waals surface area contributed by atoms with Crippen LogP contribution in [0.4, 0.5) is 17.1 Å². The topological polar surface area (TPSA) is 280 Å². The number of primary amides is 1. The quantitative estimate of drug-likeness (QED) is 0.0106. The zero-order valence-electron chi connectivity index (χ0n) is 55.4. The van der Waals surface area contributed by atoms with Gasteiger partial charge in [0.1, 0.15) is 6.54 Å². The summed E-state index contributed by atoms with van der Waals surface area (Å²) >= 11 is 0. The number of ketones is 1. The summed E-state index contributed by atoms with van der Waals surface area (Å²) in [6.45, 7) is 20.9. The molecule has 6 N–H and O–H groups in total. The summed E-state index contributed by atoms with van der Waals surface area (Å²) in [5, 5.41) is 11.0. The molecule has 8 rings (SSSR count). The van der Waals surface area contributed by atoms with Crippen molar-refractivity contribution in [3.8, 4) is 5.69 Å². The lowest BCUT2D eigenvalue weighted by atomic mass is 9.75. The second-order valence-corrected chi connectivity index (χ2v) is 29.0. The van der Waals surface area contributed by atoms with Crippen LogP contribution < -0.4 is 21.3 Å². The van der Waals surface area contributed by atoms with Crippen molar-refractivity contribution in [1.29, 1.82) is 0 Å². The van der Waals surface area contributed by atoms with Crippen LogP contribution in [-0.4, -0.2) is 167 Å². The van der Waals surface area contributed by atoms with Gasteiger partial charge in [-0.2, -0.15) is 26.5 Å². The van der Waals surface area contributed by atoms with E-state index in [-0.39, 0.29) is 28.6 Å². The maximum Gasteiger partial charge on any atom is 0.264 e. The van der Waals surface area contributed by atoms with Crippen LogP contribution in [0.15, 0.2) is 121 Å². The Kier molecular flexibility index (Phi) is 25.5. The van der Waals surface area contributed by atoms with Gasteiger partial charge in [0.2, 0.25) is 5.69 Å². The van der Waals surface area contributed by atoms with Crippen LogP contribution >= 0.6 is 0 Å². The summed E-state index contributed by atoms with van der Waals surface area (Å²) in [7, 11) is -8.20. The lowest BCUT2D eigenvalue weighted by Crippen LogP contribution is -2.28. The molecule has 508 valence electrons. The third-order valence-electron chi connectivity index (χ3n) is 17.2. The summed E-state index contributed by atoms with van der Waals surface area (Å²) in [5.41, 5.74) is 17.2. The minimum absolute atomic E-state index is 0.101. The number of hydrogen-bond donors (Lipinski definition) is 5. The van der Waals surface area contributed by atoms with Crippen molar-refractivity contribution in [3.63, 3.8) is 0 Å². The fourth-order valence-electron chi connectivity index (χ4n) is 12.5. The molecule has 0 fully saturated rings. The van der Waals surface area contributed by atoms with Gasteiger partial charge >= 0.3 is 0 Å². The SMILES string of the molecule is Cc1nn(-c2ccc(C(N)=O)c(NCCCOCCOCCOCCOCCOCCCNC(=O)c3ccc(C(/C=C/C4=[N+](CCCCS(=O)(=O)O)c5ccccc5C4(C)C)=C/C=C4/N(CCCCS(=O)(=O)O)c5ccccc5C4(C)C)cc3)c2)c2c1C(=O)CC(C)(C)C2. The molecular formula is C71H94N7O14S2+. The highest BCUT2D eigenvalue weighted by Gasteiger charge is 2.44. The molecule has 2 aliphatic heterocycles. The van der Waals surface area contributed by atoms with Gasteiger partial charge in [0.05, 0.1) is 98.0 Å². The van der Waals surface area contributed by atoms with Gasteiger partial charge in [-0.3, -0.25) is 23.5 Å². The Hall–Kier alpha value is -7.19. The van der Waals surface area contributed by atoms with Crippen LogP contribution in [0.2, 0.25) is 0 Å². The largest absolute Gasteiger partial charge is 0.384 e. The number of allylic oxidation sites excluding steroid dienone is 6. The number of aromatic nitrogens is 2. The summed E-state index contributed by atoms with van der Waals surface area (Å²) < 4.78 is 97.9. The molecular weight excluding hydrogens is 1240 g/mol. The van der Waals surface area contributed by atoms with E-state index in [1.165, 1.54) is 0 Å². The maximum atomic E-state index is 13.5. The number of nitrogens with one attached hydrogen (secondary N) is 2. The number of anilines is 2. The Balaban J connectivity index is 0.747. The predicted molar refractivity (Wildman–Crippen MR) is 366 cm³/mol. The summed E-state index contributed by atoms with van der Waals surface area (Å²) in [5.74, 6) is -1.30. The molecule has 3 aliphatic rings. The number of nitrogens with two attached hydrogens (primary N) is 1. The van der Waals surface area contributed by atoms with Crippen molar-refractivity contribution in [2.75, 3.05) is 114 Å². The highest BCUT2D eigenvalue weighted by molar-refractivity contribution is 7.86. The van der Waals surface area contributed by atoms with Gasteiger partial charge in [-0.25, -0.2) is 4.68 Å². The smallest absolute Gasteiger partial charge is 0.264 e. The molecule has 0 saturated carbocycles. The normalized spacial score (nSPS) is 16.3. The summed E-state index contributed by atoms with van der Waals surface area (Å²) in [6.07, 6.45) is 12.5. The minimum atomic E-state index is -4.10. The Bertz CT molecular complexity index is 3830. The molecule has 5 aromatic rings. The van der Waals surface area contributed by atoms with Crippen LogP contribution in [-0.2, 0) is 61.2 Å². The first kappa shape index (κ1) is 72.6. The van der Waals surface area contributed by atoms with E-state index in [0.717, 1.165) is 56.4 Å². The number of carbonyl (C=O) groups excluding carboxylic acids is 3. The van der Waals surface area contributed by atoms with Gasteiger partial charge in [0.25, 0.3) is 32.1 Å². The number of unbranched alkanes of at least 4 members (excludes halogenated alkanes) is 2. The molecule has 1 aliphatic carbocycles. The van der Waals surface area contributed by atoms with Crippen molar-refractivity contribution in [2.24, 2.45) is 11.1 Å². The van der Waals surface area contributed by atoms with Crippen LogP contribution in [0.3, 0.4) is 0 Å². The first-order valence-electron chi connectivity index (χ1n) is 32.5. The van der Waals surface area contributed by atoms with E-state index < -0.39 is 37.0 Å². The Labute approximate surface area is 554 Å². The minimum Gasteiger partial charge on any atom is -0.384 e. The second kappa shape index (κ2) is 33.0. The van der Waals surface area contributed by atoms with Gasteiger partial charge in [0, 0.05) is 91.4 Å². The molecule has 0 spiro atoms. The molecule has 23 heteroatoms. The molecule has 2 amide bonds. The number of fused-ring (bicyclic) bond motifs is 3. The molecule has 21 nitrogen and oxygen atoms in total. The van der Waals surface area contributed by atoms with E-state index in [1.54, 1.807) is 24.3 Å². The Morgan fingerprint density at radius 2 is 1.26 bits per heavy atom. The van der Waals surface area contributed by atoms with Gasteiger partial charge < -0.3 is 45.0 Å². The molecule has 0 saturated heterocycles. The highest BCUT2D eigenvalue weighted by Crippen LogP contribution is 2.48. The molecule has 3 heterocycles. The second-order valence-electron chi connectivity index (χ2n) is 25.8. The van der Waals surface area contributed by atoms with Crippen molar-refractivity contribution in [2.45, 2.75) is 111 Å². The van der Waals surface area contributed by atoms with E-state index in [4.69, 9.17) is 34.5 Å². The average molecular weight is 1330 g/mol. The Morgan fingerprint density at radius 3 is 1.88 bits per heavy atom. The van der Waals surface area contributed by atoms with Crippen molar-refractivity contribution < 1.29 is 68.6 Å². The number of amides is 2. The molecule has 94 heavy (non-hydrogen) atoms. The number of nitrogens with zero attached hydrogens (tertiary/aromatic N) is 4. The molecule has 0 atom stereocenters. The number of aryl methyl sites for hydroxylation is 1. The molecule has 4 aromatic carbocycles. The Morgan fingerprint density at radius 1 is 0.681 bits per heavy atom. The molecule has 1 aromatic heterocycles.